The molecule has 0 amide bonds. The standard InChI is InChI=1S/C13H22N2O2S2/c1-9-5-12(7-14)6-13(11(9)3)19(16,17)15-8-10(2)18-4/h5-6,10,15H,7-8,14H2,1-4H3. The highest BCUT2D eigenvalue weighted by Gasteiger charge is 2.19. The smallest absolute Gasteiger partial charge is 0.240 e. The van der Waals surface area contributed by atoms with Crippen molar-refractivity contribution < 1.29 is 8.42 Å². The first kappa shape index (κ1) is 16.5. The molecule has 0 saturated heterocycles. The van der Waals surface area contributed by atoms with Crippen molar-refractivity contribution in [3.8, 4) is 0 Å². The summed E-state index contributed by atoms with van der Waals surface area (Å²) in [5.41, 5.74) is 8.17. The maximum Gasteiger partial charge on any atom is 0.240 e. The highest BCUT2D eigenvalue weighted by molar-refractivity contribution is 7.99. The lowest BCUT2D eigenvalue weighted by atomic mass is 10.1. The molecule has 1 unspecified atom stereocenters. The summed E-state index contributed by atoms with van der Waals surface area (Å²) < 4.78 is 27.3. The van der Waals surface area contributed by atoms with E-state index < -0.39 is 10.0 Å². The minimum atomic E-state index is -3.47. The van der Waals surface area contributed by atoms with Gasteiger partial charge in [0.1, 0.15) is 0 Å². The first-order chi connectivity index (χ1) is 8.81. The van der Waals surface area contributed by atoms with Crippen molar-refractivity contribution >= 4 is 21.8 Å². The molecule has 0 spiro atoms. The summed E-state index contributed by atoms with van der Waals surface area (Å²) in [5.74, 6) is 0. The van der Waals surface area contributed by atoms with Gasteiger partial charge in [0.2, 0.25) is 10.0 Å². The number of rotatable bonds is 6. The van der Waals surface area contributed by atoms with Gasteiger partial charge in [-0.05, 0) is 42.9 Å². The molecule has 0 aliphatic heterocycles. The van der Waals surface area contributed by atoms with E-state index in [2.05, 4.69) is 4.72 Å². The number of nitrogens with one attached hydrogen (secondary N) is 1. The normalized spacial score (nSPS) is 13.5. The molecule has 0 aliphatic carbocycles. The average Bonchev–Trinajstić information content (AvgIpc) is 2.38. The van der Waals surface area contributed by atoms with Gasteiger partial charge in [0.25, 0.3) is 0 Å². The Labute approximate surface area is 120 Å². The summed E-state index contributed by atoms with van der Waals surface area (Å²) in [6.45, 7) is 6.47. The fourth-order valence-electron chi connectivity index (χ4n) is 1.68. The van der Waals surface area contributed by atoms with E-state index in [9.17, 15) is 8.42 Å². The molecule has 1 aromatic carbocycles. The molecule has 0 radical (unpaired) electrons. The van der Waals surface area contributed by atoms with Crippen LogP contribution in [-0.2, 0) is 16.6 Å². The zero-order valence-electron chi connectivity index (χ0n) is 11.9. The molecular formula is C13H22N2O2S2. The predicted molar refractivity (Wildman–Crippen MR) is 82.0 cm³/mol. The van der Waals surface area contributed by atoms with Crippen LogP contribution in [0.1, 0.15) is 23.6 Å². The Hall–Kier alpha value is -0.560. The number of nitrogens with two attached hydrogens (primary N) is 1. The Morgan fingerprint density at radius 2 is 2.00 bits per heavy atom. The van der Waals surface area contributed by atoms with Gasteiger partial charge in [-0.15, -0.1) is 0 Å². The van der Waals surface area contributed by atoms with Gasteiger partial charge in [-0.2, -0.15) is 11.8 Å². The SMILES string of the molecule is CSC(C)CNS(=O)(=O)c1cc(CN)cc(C)c1C. The van der Waals surface area contributed by atoms with Crippen LogP contribution in [0.3, 0.4) is 0 Å². The molecule has 0 aromatic heterocycles. The molecule has 0 heterocycles. The van der Waals surface area contributed by atoms with Crippen LogP contribution < -0.4 is 10.5 Å². The van der Waals surface area contributed by atoms with Crippen LogP contribution in [0.2, 0.25) is 0 Å². The minimum Gasteiger partial charge on any atom is -0.326 e. The fraction of sp³-hybridized carbons (Fsp3) is 0.538. The van der Waals surface area contributed by atoms with Crippen LogP contribution in [0.4, 0.5) is 0 Å². The van der Waals surface area contributed by atoms with E-state index >= 15 is 0 Å². The summed E-state index contributed by atoms with van der Waals surface area (Å²) in [5, 5.41) is 0.244. The topological polar surface area (TPSA) is 72.2 Å². The quantitative estimate of drug-likeness (QED) is 0.840. The van der Waals surface area contributed by atoms with Crippen molar-refractivity contribution in [2.24, 2.45) is 5.73 Å². The highest BCUT2D eigenvalue weighted by atomic mass is 32.2. The van der Waals surface area contributed by atoms with E-state index in [1.165, 1.54) is 0 Å². The van der Waals surface area contributed by atoms with Crippen LogP contribution >= 0.6 is 11.8 Å². The van der Waals surface area contributed by atoms with E-state index in [-0.39, 0.29) is 5.25 Å². The third-order valence-corrected chi connectivity index (χ3v) is 5.69. The Bertz CT molecular complexity index is 542. The van der Waals surface area contributed by atoms with Gasteiger partial charge in [0.05, 0.1) is 4.90 Å². The molecule has 0 bridgehead atoms. The third-order valence-electron chi connectivity index (χ3n) is 3.17. The zero-order valence-corrected chi connectivity index (χ0v) is 13.5. The summed E-state index contributed by atoms with van der Waals surface area (Å²) in [6, 6.07) is 3.59. The monoisotopic (exact) mass is 302 g/mol. The number of benzene rings is 1. The second-order valence-corrected chi connectivity index (χ2v) is 7.65. The fourth-order valence-corrected chi connectivity index (χ4v) is 3.54. The van der Waals surface area contributed by atoms with Gasteiger partial charge in [0, 0.05) is 18.3 Å². The summed E-state index contributed by atoms with van der Waals surface area (Å²) in [4.78, 5) is 0.334. The minimum absolute atomic E-state index is 0.244. The molecule has 0 fully saturated rings. The van der Waals surface area contributed by atoms with Crippen molar-refractivity contribution in [3.63, 3.8) is 0 Å². The summed E-state index contributed by atoms with van der Waals surface area (Å²) >= 11 is 1.63. The average molecular weight is 302 g/mol. The van der Waals surface area contributed by atoms with Crippen molar-refractivity contribution in [3.05, 3.63) is 28.8 Å². The van der Waals surface area contributed by atoms with E-state index in [1.54, 1.807) is 17.8 Å². The molecular weight excluding hydrogens is 280 g/mol. The molecule has 4 nitrogen and oxygen atoms in total. The highest BCUT2D eigenvalue weighted by Crippen LogP contribution is 2.21. The largest absolute Gasteiger partial charge is 0.326 e. The van der Waals surface area contributed by atoms with E-state index in [0.717, 1.165) is 16.7 Å². The lowest BCUT2D eigenvalue weighted by Crippen LogP contribution is -2.30. The lowest BCUT2D eigenvalue weighted by Gasteiger charge is -2.14. The summed E-state index contributed by atoms with van der Waals surface area (Å²) in [7, 11) is -3.47. The molecule has 3 N–H and O–H groups in total. The number of hydrogen-bond donors (Lipinski definition) is 2. The van der Waals surface area contributed by atoms with Crippen molar-refractivity contribution in [2.45, 2.75) is 37.5 Å². The van der Waals surface area contributed by atoms with Crippen molar-refractivity contribution in [2.75, 3.05) is 12.8 Å². The van der Waals surface area contributed by atoms with Crippen molar-refractivity contribution in [1.29, 1.82) is 0 Å². The van der Waals surface area contributed by atoms with Gasteiger partial charge < -0.3 is 5.73 Å². The van der Waals surface area contributed by atoms with Crippen LogP contribution in [0.5, 0.6) is 0 Å². The third kappa shape index (κ3) is 4.21. The molecule has 6 heteroatoms. The first-order valence-electron chi connectivity index (χ1n) is 6.14. The van der Waals surface area contributed by atoms with E-state index in [0.29, 0.717) is 18.0 Å². The predicted octanol–water partition coefficient (Wildman–Crippen LogP) is 1.79. The number of aryl methyl sites for hydroxylation is 1. The molecule has 0 saturated carbocycles. The molecule has 19 heavy (non-hydrogen) atoms. The molecule has 1 aromatic rings. The van der Waals surface area contributed by atoms with E-state index in [1.807, 2.05) is 33.1 Å². The number of hydrogen-bond acceptors (Lipinski definition) is 4. The Kier molecular flexibility index (Phi) is 5.85. The van der Waals surface area contributed by atoms with Crippen LogP contribution in [0, 0.1) is 13.8 Å². The van der Waals surface area contributed by atoms with Gasteiger partial charge >= 0.3 is 0 Å². The molecule has 1 rings (SSSR count). The van der Waals surface area contributed by atoms with Gasteiger partial charge in [-0.1, -0.05) is 13.0 Å². The Balaban J connectivity index is 3.10. The van der Waals surface area contributed by atoms with Crippen LogP contribution in [-0.4, -0.2) is 26.5 Å². The first-order valence-corrected chi connectivity index (χ1v) is 8.91. The maximum absolute atomic E-state index is 12.3. The maximum atomic E-state index is 12.3. The van der Waals surface area contributed by atoms with Crippen LogP contribution in [0.25, 0.3) is 0 Å². The lowest BCUT2D eigenvalue weighted by molar-refractivity contribution is 0.580. The molecule has 1 atom stereocenters. The second kappa shape index (κ2) is 6.74. The van der Waals surface area contributed by atoms with Crippen LogP contribution in [0.15, 0.2) is 17.0 Å². The molecule has 108 valence electrons. The Morgan fingerprint density at radius 1 is 1.37 bits per heavy atom. The Morgan fingerprint density at radius 3 is 2.53 bits per heavy atom. The van der Waals surface area contributed by atoms with Gasteiger partial charge in [0.15, 0.2) is 0 Å². The van der Waals surface area contributed by atoms with Crippen molar-refractivity contribution in [1.82, 2.24) is 4.72 Å². The number of thioether (sulfide) groups is 1. The van der Waals surface area contributed by atoms with E-state index in [4.69, 9.17) is 5.73 Å². The van der Waals surface area contributed by atoms with Gasteiger partial charge in [-0.3, -0.25) is 0 Å². The summed E-state index contributed by atoms with van der Waals surface area (Å²) in [6.07, 6.45) is 1.96. The number of sulfonamides is 1. The van der Waals surface area contributed by atoms with Gasteiger partial charge in [-0.25, -0.2) is 13.1 Å². The zero-order chi connectivity index (χ0) is 14.6. The molecule has 0 aliphatic rings. The second-order valence-electron chi connectivity index (χ2n) is 4.64.